The fourth-order valence-electron chi connectivity index (χ4n) is 3.61. The normalized spacial score (nSPS) is 20.2. The highest BCUT2D eigenvalue weighted by Crippen LogP contribution is 2.23. The number of halogens is 2. The number of hydrogen-bond donors (Lipinski definition) is 0. The van der Waals surface area contributed by atoms with Gasteiger partial charge >= 0.3 is 0 Å². The van der Waals surface area contributed by atoms with E-state index < -0.39 is 11.6 Å². The number of ether oxygens (including phenoxy) is 1. The molecular formula is C18H24F2N2O2. The van der Waals surface area contributed by atoms with Crippen LogP contribution in [-0.4, -0.2) is 54.5 Å². The first kappa shape index (κ1) is 17.1. The van der Waals surface area contributed by atoms with Gasteiger partial charge in [0.15, 0.2) is 18.2 Å². The predicted octanol–water partition coefficient (Wildman–Crippen LogP) is 2.82. The SMILES string of the molecule is O=C(COc1ccc(F)cc1F)N1CCN(C2CCCCC2)CC1. The van der Waals surface area contributed by atoms with E-state index in [-0.39, 0.29) is 18.3 Å². The Balaban J connectivity index is 1.45. The molecule has 0 aromatic heterocycles. The van der Waals surface area contributed by atoms with E-state index in [1.807, 2.05) is 0 Å². The minimum Gasteiger partial charge on any atom is -0.481 e. The van der Waals surface area contributed by atoms with Crippen molar-refractivity contribution >= 4 is 5.91 Å². The van der Waals surface area contributed by atoms with E-state index in [0.717, 1.165) is 25.2 Å². The Bertz CT molecular complexity index is 568. The van der Waals surface area contributed by atoms with Gasteiger partial charge in [-0.1, -0.05) is 19.3 Å². The number of nitrogens with zero attached hydrogens (tertiary/aromatic N) is 2. The second-order valence-corrected chi connectivity index (χ2v) is 6.57. The number of benzene rings is 1. The summed E-state index contributed by atoms with van der Waals surface area (Å²) in [7, 11) is 0. The highest BCUT2D eigenvalue weighted by Gasteiger charge is 2.27. The average molecular weight is 338 g/mol. The van der Waals surface area contributed by atoms with Crippen LogP contribution in [0.4, 0.5) is 8.78 Å². The summed E-state index contributed by atoms with van der Waals surface area (Å²) in [6.45, 7) is 2.93. The van der Waals surface area contributed by atoms with Gasteiger partial charge in [0.25, 0.3) is 5.91 Å². The number of rotatable bonds is 4. The molecule has 0 atom stereocenters. The van der Waals surface area contributed by atoms with E-state index >= 15 is 0 Å². The summed E-state index contributed by atoms with van der Waals surface area (Å²) < 4.78 is 31.6. The second kappa shape index (κ2) is 7.92. The van der Waals surface area contributed by atoms with Gasteiger partial charge in [-0.25, -0.2) is 8.78 Å². The molecule has 1 saturated carbocycles. The minimum absolute atomic E-state index is 0.0920. The molecule has 1 heterocycles. The number of hydrogen-bond acceptors (Lipinski definition) is 3. The maximum absolute atomic E-state index is 13.5. The molecule has 1 aromatic carbocycles. The summed E-state index contributed by atoms with van der Waals surface area (Å²) in [5.41, 5.74) is 0. The van der Waals surface area contributed by atoms with Crippen molar-refractivity contribution in [2.24, 2.45) is 0 Å². The number of carbonyl (C=O) groups excluding carboxylic acids is 1. The van der Waals surface area contributed by atoms with Gasteiger partial charge in [0, 0.05) is 38.3 Å². The Morgan fingerprint density at radius 1 is 1.08 bits per heavy atom. The number of piperazine rings is 1. The number of amides is 1. The van der Waals surface area contributed by atoms with E-state index in [4.69, 9.17) is 4.74 Å². The van der Waals surface area contributed by atoms with Crippen molar-refractivity contribution in [1.82, 2.24) is 9.80 Å². The zero-order chi connectivity index (χ0) is 16.9. The zero-order valence-electron chi connectivity index (χ0n) is 13.8. The molecule has 1 aliphatic carbocycles. The second-order valence-electron chi connectivity index (χ2n) is 6.57. The van der Waals surface area contributed by atoms with Gasteiger partial charge in [0.1, 0.15) is 5.82 Å². The maximum Gasteiger partial charge on any atom is 0.260 e. The molecule has 0 spiro atoms. The van der Waals surface area contributed by atoms with Crippen LogP contribution >= 0.6 is 0 Å². The van der Waals surface area contributed by atoms with Crippen LogP contribution < -0.4 is 4.74 Å². The summed E-state index contributed by atoms with van der Waals surface area (Å²) in [6.07, 6.45) is 6.48. The molecule has 1 aliphatic heterocycles. The first-order chi connectivity index (χ1) is 11.6. The van der Waals surface area contributed by atoms with Crippen LogP contribution in [0.2, 0.25) is 0 Å². The first-order valence-corrected chi connectivity index (χ1v) is 8.73. The third kappa shape index (κ3) is 4.23. The monoisotopic (exact) mass is 338 g/mol. The molecule has 6 heteroatoms. The van der Waals surface area contributed by atoms with Gasteiger partial charge in [-0.05, 0) is 25.0 Å². The molecule has 132 valence electrons. The highest BCUT2D eigenvalue weighted by molar-refractivity contribution is 5.77. The highest BCUT2D eigenvalue weighted by atomic mass is 19.1. The van der Waals surface area contributed by atoms with Crippen LogP contribution in [0.1, 0.15) is 32.1 Å². The van der Waals surface area contributed by atoms with E-state index in [2.05, 4.69) is 4.90 Å². The Morgan fingerprint density at radius 2 is 1.79 bits per heavy atom. The minimum atomic E-state index is -0.787. The smallest absolute Gasteiger partial charge is 0.260 e. The molecule has 0 radical (unpaired) electrons. The molecule has 0 unspecified atom stereocenters. The van der Waals surface area contributed by atoms with E-state index in [1.165, 1.54) is 38.2 Å². The molecule has 4 nitrogen and oxygen atoms in total. The maximum atomic E-state index is 13.5. The molecule has 24 heavy (non-hydrogen) atoms. The van der Waals surface area contributed by atoms with Crippen molar-refractivity contribution in [2.75, 3.05) is 32.8 Å². The van der Waals surface area contributed by atoms with Gasteiger partial charge in [-0.15, -0.1) is 0 Å². The predicted molar refractivity (Wildman–Crippen MR) is 86.9 cm³/mol. The van der Waals surface area contributed by atoms with Crippen LogP contribution in [-0.2, 0) is 4.79 Å². The third-order valence-electron chi connectivity index (χ3n) is 5.00. The average Bonchev–Trinajstić information content (AvgIpc) is 2.62. The van der Waals surface area contributed by atoms with Crippen LogP contribution in [0.25, 0.3) is 0 Å². The summed E-state index contributed by atoms with van der Waals surface area (Å²) in [4.78, 5) is 16.5. The fraction of sp³-hybridized carbons (Fsp3) is 0.611. The van der Waals surface area contributed by atoms with Crippen LogP contribution in [0.15, 0.2) is 18.2 Å². The molecule has 1 amide bonds. The summed E-state index contributed by atoms with van der Waals surface area (Å²) in [6, 6.07) is 3.74. The third-order valence-corrected chi connectivity index (χ3v) is 5.00. The topological polar surface area (TPSA) is 32.8 Å². The van der Waals surface area contributed by atoms with Gasteiger partial charge in [-0.3, -0.25) is 9.69 Å². The molecule has 3 rings (SSSR count). The lowest BCUT2D eigenvalue weighted by Crippen LogP contribution is -2.53. The van der Waals surface area contributed by atoms with Crippen molar-refractivity contribution < 1.29 is 18.3 Å². The molecule has 2 aliphatic rings. The van der Waals surface area contributed by atoms with Crippen LogP contribution in [0.3, 0.4) is 0 Å². The van der Waals surface area contributed by atoms with Gasteiger partial charge in [0.2, 0.25) is 0 Å². The Morgan fingerprint density at radius 3 is 2.46 bits per heavy atom. The van der Waals surface area contributed by atoms with Gasteiger partial charge < -0.3 is 9.64 Å². The van der Waals surface area contributed by atoms with E-state index in [1.54, 1.807) is 4.90 Å². The first-order valence-electron chi connectivity index (χ1n) is 8.73. The summed E-state index contributed by atoms with van der Waals surface area (Å²) >= 11 is 0. The Hall–Kier alpha value is -1.69. The van der Waals surface area contributed by atoms with Crippen molar-refractivity contribution in [3.63, 3.8) is 0 Å². The Kier molecular flexibility index (Phi) is 5.66. The molecule has 1 aromatic rings. The zero-order valence-corrected chi connectivity index (χ0v) is 13.8. The lowest BCUT2D eigenvalue weighted by Gasteiger charge is -2.40. The van der Waals surface area contributed by atoms with Crippen LogP contribution in [0.5, 0.6) is 5.75 Å². The van der Waals surface area contributed by atoms with Crippen LogP contribution in [0, 0.1) is 11.6 Å². The van der Waals surface area contributed by atoms with Crippen molar-refractivity contribution in [3.8, 4) is 5.75 Å². The molecule has 0 N–H and O–H groups in total. The fourth-order valence-corrected chi connectivity index (χ4v) is 3.61. The standard InChI is InChI=1S/C18H24F2N2O2/c19-14-6-7-17(16(20)12-14)24-13-18(23)22-10-8-21(9-11-22)15-4-2-1-3-5-15/h6-7,12,15H,1-5,8-11,13H2. The molecule has 1 saturated heterocycles. The van der Waals surface area contributed by atoms with E-state index in [9.17, 15) is 13.6 Å². The largest absolute Gasteiger partial charge is 0.481 e. The lowest BCUT2D eigenvalue weighted by atomic mass is 9.94. The lowest BCUT2D eigenvalue weighted by molar-refractivity contribution is -0.135. The van der Waals surface area contributed by atoms with Crippen molar-refractivity contribution in [1.29, 1.82) is 0 Å². The quantitative estimate of drug-likeness (QED) is 0.846. The van der Waals surface area contributed by atoms with Crippen molar-refractivity contribution in [3.05, 3.63) is 29.8 Å². The van der Waals surface area contributed by atoms with Gasteiger partial charge in [0.05, 0.1) is 0 Å². The number of carbonyl (C=O) groups is 1. The molecular weight excluding hydrogens is 314 g/mol. The molecule has 0 bridgehead atoms. The van der Waals surface area contributed by atoms with Crippen molar-refractivity contribution in [2.45, 2.75) is 38.1 Å². The molecule has 2 fully saturated rings. The van der Waals surface area contributed by atoms with E-state index in [0.29, 0.717) is 19.1 Å². The van der Waals surface area contributed by atoms with Gasteiger partial charge in [-0.2, -0.15) is 0 Å². The summed E-state index contributed by atoms with van der Waals surface area (Å²) in [5, 5.41) is 0. The summed E-state index contributed by atoms with van der Waals surface area (Å²) in [5.74, 6) is -1.69. The Labute approximate surface area is 141 Å².